The van der Waals surface area contributed by atoms with Crippen molar-refractivity contribution in [1.29, 1.82) is 0 Å². The number of carbonyl (C=O) groups excluding carboxylic acids is 1. The molecule has 0 heterocycles. The molecule has 0 radical (unpaired) electrons. The molecule has 1 amide bonds. The van der Waals surface area contributed by atoms with Crippen LogP contribution in [-0.2, 0) is 4.79 Å². The fourth-order valence-electron chi connectivity index (χ4n) is 0.860. The Balaban J connectivity index is 3.37. The van der Waals surface area contributed by atoms with Gasteiger partial charge in [-0.3, -0.25) is 4.79 Å². The minimum absolute atomic E-state index is 0.0900. The van der Waals surface area contributed by atoms with Crippen molar-refractivity contribution >= 4 is 5.91 Å². The lowest BCUT2D eigenvalue weighted by Crippen LogP contribution is -2.20. The second kappa shape index (κ2) is 5.13. The minimum atomic E-state index is -0.546. The number of hydrogen-bond donors (Lipinski definition) is 2. The molecule has 0 aliphatic rings. The molecule has 3 N–H and O–H groups in total. The number of hydrogen-bond acceptors (Lipinski definition) is 2. The summed E-state index contributed by atoms with van der Waals surface area (Å²) in [6, 6.07) is 0. The summed E-state index contributed by atoms with van der Waals surface area (Å²) in [4.78, 5) is 10.3. The Bertz CT molecular complexity index is 123. The third kappa shape index (κ3) is 7.33. The molecule has 3 nitrogen and oxygen atoms in total. The van der Waals surface area contributed by atoms with Gasteiger partial charge in [0.15, 0.2) is 0 Å². The van der Waals surface area contributed by atoms with Crippen LogP contribution >= 0.6 is 0 Å². The van der Waals surface area contributed by atoms with Crippen LogP contribution < -0.4 is 5.73 Å². The average Bonchev–Trinajstić information content (AvgIpc) is 1.82. The molecular weight excluding hydrogens is 142 g/mol. The molecule has 0 saturated heterocycles. The minimum Gasteiger partial charge on any atom is -0.393 e. The second-order valence-electron chi connectivity index (χ2n) is 3.30. The van der Waals surface area contributed by atoms with Gasteiger partial charge in [-0.15, -0.1) is 0 Å². The SMILES string of the molecule is CC(C)CC[C@@H](O)CC(N)=O. The van der Waals surface area contributed by atoms with Crippen molar-refractivity contribution in [2.75, 3.05) is 0 Å². The number of aliphatic hydroxyl groups is 1. The van der Waals surface area contributed by atoms with E-state index in [1.165, 1.54) is 0 Å². The van der Waals surface area contributed by atoms with Gasteiger partial charge in [0.2, 0.25) is 5.91 Å². The molecule has 0 spiro atoms. The van der Waals surface area contributed by atoms with E-state index in [-0.39, 0.29) is 6.42 Å². The summed E-state index contributed by atoms with van der Waals surface area (Å²) in [5.41, 5.74) is 4.90. The standard InChI is InChI=1S/C8H17NO2/c1-6(2)3-4-7(10)5-8(9)11/h6-7,10H,3-5H2,1-2H3,(H2,9,11)/t7-/m1/s1. The number of aliphatic hydroxyl groups excluding tert-OH is 1. The molecule has 0 fully saturated rings. The second-order valence-corrected chi connectivity index (χ2v) is 3.30. The van der Waals surface area contributed by atoms with Crippen LogP contribution in [0.1, 0.15) is 33.1 Å². The number of nitrogens with two attached hydrogens (primary N) is 1. The predicted octanol–water partition coefficient (Wildman–Crippen LogP) is 0.659. The Labute approximate surface area is 67.6 Å². The van der Waals surface area contributed by atoms with Gasteiger partial charge in [0, 0.05) is 0 Å². The van der Waals surface area contributed by atoms with Gasteiger partial charge in [0.05, 0.1) is 12.5 Å². The van der Waals surface area contributed by atoms with Gasteiger partial charge in [-0.1, -0.05) is 13.8 Å². The van der Waals surface area contributed by atoms with Gasteiger partial charge >= 0.3 is 0 Å². The Morgan fingerprint density at radius 1 is 1.45 bits per heavy atom. The maximum atomic E-state index is 10.3. The van der Waals surface area contributed by atoms with E-state index in [0.29, 0.717) is 12.3 Å². The molecule has 11 heavy (non-hydrogen) atoms. The third-order valence-corrected chi connectivity index (χ3v) is 1.51. The topological polar surface area (TPSA) is 63.3 Å². The Morgan fingerprint density at radius 3 is 2.36 bits per heavy atom. The first-order valence-corrected chi connectivity index (χ1v) is 3.98. The van der Waals surface area contributed by atoms with Crippen LogP contribution in [0.2, 0.25) is 0 Å². The van der Waals surface area contributed by atoms with Crippen molar-refractivity contribution in [2.24, 2.45) is 11.7 Å². The molecule has 0 rings (SSSR count). The number of carbonyl (C=O) groups is 1. The van der Waals surface area contributed by atoms with E-state index in [1.807, 2.05) is 0 Å². The highest BCUT2D eigenvalue weighted by Crippen LogP contribution is 2.08. The van der Waals surface area contributed by atoms with Crippen LogP contribution in [0.15, 0.2) is 0 Å². The first kappa shape index (κ1) is 10.4. The summed E-state index contributed by atoms with van der Waals surface area (Å²) in [5, 5.41) is 9.17. The van der Waals surface area contributed by atoms with Crippen molar-refractivity contribution < 1.29 is 9.90 Å². The lowest BCUT2D eigenvalue weighted by atomic mass is 10.0. The highest BCUT2D eigenvalue weighted by Gasteiger charge is 2.07. The van der Waals surface area contributed by atoms with Crippen LogP contribution in [0.5, 0.6) is 0 Å². The lowest BCUT2D eigenvalue weighted by Gasteiger charge is -2.09. The molecule has 0 aliphatic heterocycles. The zero-order valence-electron chi connectivity index (χ0n) is 7.21. The molecule has 0 aliphatic carbocycles. The molecule has 66 valence electrons. The zero-order chi connectivity index (χ0) is 8.85. The molecule has 0 aromatic rings. The van der Waals surface area contributed by atoms with Gasteiger partial charge in [0.1, 0.15) is 0 Å². The molecule has 0 unspecified atom stereocenters. The average molecular weight is 159 g/mol. The molecule has 0 saturated carbocycles. The van der Waals surface area contributed by atoms with E-state index >= 15 is 0 Å². The molecule has 0 aromatic carbocycles. The zero-order valence-corrected chi connectivity index (χ0v) is 7.21. The first-order chi connectivity index (χ1) is 5.02. The van der Waals surface area contributed by atoms with Crippen molar-refractivity contribution in [3.63, 3.8) is 0 Å². The number of rotatable bonds is 5. The Kier molecular flexibility index (Phi) is 4.86. The van der Waals surface area contributed by atoms with Crippen molar-refractivity contribution in [3.8, 4) is 0 Å². The summed E-state index contributed by atoms with van der Waals surface area (Å²) in [6.07, 6.45) is 1.15. The van der Waals surface area contributed by atoms with E-state index in [2.05, 4.69) is 13.8 Å². The van der Waals surface area contributed by atoms with Crippen LogP contribution in [0.25, 0.3) is 0 Å². The molecule has 1 atom stereocenters. The Morgan fingerprint density at radius 2 is 2.00 bits per heavy atom. The highest BCUT2D eigenvalue weighted by molar-refractivity contribution is 5.74. The highest BCUT2D eigenvalue weighted by atomic mass is 16.3. The smallest absolute Gasteiger partial charge is 0.220 e. The van der Waals surface area contributed by atoms with E-state index < -0.39 is 12.0 Å². The van der Waals surface area contributed by atoms with Crippen LogP contribution in [-0.4, -0.2) is 17.1 Å². The summed E-state index contributed by atoms with van der Waals surface area (Å²) >= 11 is 0. The fourth-order valence-corrected chi connectivity index (χ4v) is 0.860. The summed E-state index contributed by atoms with van der Waals surface area (Å²) < 4.78 is 0. The first-order valence-electron chi connectivity index (χ1n) is 3.98. The van der Waals surface area contributed by atoms with E-state index in [4.69, 9.17) is 10.8 Å². The largest absolute Gasteiger partial charge is 0.393 e. The summed E-state index contributed by atoms with van der Waals surface area (Å²) in [6.45, 7) is 4.16. The maximum absolute atomic E-state index is 10.3. The predicted molar refractivity (Wildman–Crippen MR) is 43.9 cm³/mol. The van der Waals surface area contributed by atoms with Crippen LogP contribution in [0, 0.1) is 5.92 Å². The molecule has 3 heteroatoms. The van der Waals surface area contributed by atoms with Gasteiger partial charge in [-0.05, 0) is 18.8 Å². The van der Waals surface area contributed by atoms with Crippen LogP contribution in [0.4, 0.5) is 0 Å². The summed E-state index contributed by atoms with van der Waals surface area (Å²) in [7, 11) is 0. The number of amides is 1. The van der Waals surface area contributed by atoms with Crippen molar-refractivity contribution in [1.82, 2.24) is 0 Å². The normalized spacial score (nSPS) is 13.5. The van der Waals surface area contributed by atoms with E-state index in [1.54, 1.807) is 0 Å². The lowest BCUT2D eigenvalue weighted by molar-refractivity contribution is -0.119. The quantitative estimate of drug-likeness (QED) is 0.619. The number of primary amides is 1. The molecule has 0 bridgehead atoms. The monoisotopic (exact) mass is 159 g/mol. The van der Waals surface area contributed by atoms with Gasteiger partial charge in [-0.25, -0.2) is 0 Å². The molecule has 0 aromatic heterocycles. The van der Waals surface area contributed by atoms with Gasteiger partial charge in [0.25, 0.3) is 0 Å². The van der Waals surface area contributed by atoms with Gasteiger partial charge in [-0.2, -0.15) is 0 Å². The fraction of sp³-hybridized carbons (Fsp3) is 0.875. The van der Waals surface area contributed by atoms with E-state index in [9.17, 15) is 4.79 Å². The maximum Gasteiger partial charge on any atom is 0.220 e. The Hall–Kier alpha value is -0.570. The van der Waals surface area contributed by atoms with Crippen molar-refractivity contribution in [3.05, 3.63) is 0 Å². The van der Waals surface area contributed by atoms with Crippen LogP contribution in [0.3, 0.4) is 0 Å². The molecular formula is C8H17NO2. The van der Waals surface area contributed by atoms with E-state index in [0.717, 1.165) is 6.42 Å². The summed E-state index contributed by atoms with van der Waals surface area (Å²) in [5.74, 6) is 0.138. The van der Waals surface area contributed by atoms with Gasteiger partial charge < -0.3 is 10.8 Å². The third-order valence-electron chi connectivity index (χ3n) is 1.51. The van der Waals surface area contributed by atoms with Crippen molar-refractivity contribution in [2.45, 2.75) is 39.2 Å².